The highest BCUT2D eigenvalue weighted by molar-refractivity contribution is 5.94. The van der Waals surface area contributed by atoms with Gasteiger partial charge < -0.3 is 20.5 Å². The number of halogens is 1. The van der Waals surface area contributed by atoms with Crippen molar-refractivity contribution in [1.29, 1.82) is 0 Å². The molecule has 0 bridgehead atoms. The Kier molecular flexibility index (Phi) is 6.83. The van der Waals surface area contributed by atoms with E-state index < -0.39 is 0 Å². The summed E-state index contributed by atoms with van der Waals surface area (Å²) in [5.41, 5.74) is 5.90. The topological polar surface area (TPSA) is 101 Å². The van der Waals surface area contributed by atoms with Crippen LogP contribution < -0.4 is 11.1 Å². The molecule has 0 aromatic carbocycles. The number of carbonyl (C=O) groups is 2. The second-order valence-electron chi connectivity index (χ2n) is 5.69. The zero-order valence-corrected chi connectivity index (χ0v) is 13.7. The molecular weight excluding hydrogens is 308 g/mol. The predicted octanol–water partition coefficient (Wildman–Crippen LogP) is 1.32. The third-order valence-electron chi connectivity index (χ3n) is 3.72. The van der Waals surface area contributed by atoms with Crippen molar-refractivity contribution >= 4 is 30.0 Å². The van der Waals surface area contributed by atoms with Crippen LogP contribution in [0.4, 0.5) is 5.82 Å². The van der Waals surface area contributed by atoms with E-state index in [4.69, 9.17) is 10.3 Å². The number of likely N-dealkylation sites (N-methyl/N-ethyl adjacent to an activating group) is 1. The van der Waals surface area contributed by atoms with Crippen molar-refractivity contribution in [1.82, 2.24) is 10.1 Å². The number of aromatic nitrogens is 1. The number of hydrogen-bond donors (Lipinski definition) is 2. The maximum absolute atomic E-state index is 12.3. The molecule has 1 aromatic heterocycles. The quantitative estimate of drug-likeness (QED) is 0.867. The largest absolute Gasteiger partial charge is 0.360 e. The highest BCUT2D eigenvalue weighted by Crippen LogP contribution is 2.24. The van der Waals surface area contributed by atoms with Crippen molar-refractivity contribution in [2.75, 3.05) is 18.9 Å². The maximum Gasteiger partial charge on any atom is 0.245 e. The van der Waals surface area contributed by atoms with Crippen LogP contribution in [0.5, 0.6) is 0 Å². The minimum atomic E-state index is -0.292. The summed E-state index contributed by atoms with van der Waals surface area (Å²) in [7, 11) is 1.64. The highest BCUT2D eigenvalue weighted by Gasteiger charge is 2.28. The molecule has 1 aliphatic rings. The first kappa shape index (κ1) is 18.4. The average molecular weight is 331 g/mol. The van der Waals surface area contributed by atoms with Gasteiger partial charge in [-0.2, -0.15) is 0 Å². The van der Waals surface area contributed by atoms with Crippen molar-refractivity contribution in [2.45, 2.75) is 38.6 Å². The Hall–Kier alpha value is -1.60. The first-order valence-electron chi connectivity index (χ1n) is 7.19. The van der Waals surface area contributed by atoms with Gasteiger partial charge in [-0.3, -0.25) is 9.59 Å². The number of hydrogen-bond acceptors (Lipinski definition) is 5. The Labute approximate surface area is 136 Å². The number of aryl methyl sites for hydroxylation is 1. The van der Waals surface area contributed by atoms with E-state index in [2.05, 4.69) is 10.5 Å². The number of nitrogens with one attached hydrogen (secondary N) is 1. The second-order valence-corrected chi connectivity index (χ2v) is 5.69. The molecule has 2 rings (SSSR count). The normalized spacial score (nSPS) is 20.9. The van der Waals surface area contributed by atoms with Crippen LogP contribution in [0.3, 0.4) is 0 Å². The molecule has 7 nitrogen and oxygen atoms in total. The van der Waals surface area contributed by atoms with Crippen molar-refractivity contribution in [3.05, 3.63) is 11.8 Å². The van der Waals surface area contributed by atoms with Gasteiger partial charge in [-0.15, -0.1) is 12.4 Å². The van der Waals surface area contributed by atoms with Crippen LogP contribution in [0.2, 0.25) is 0 Å². The molecule has 0 saturated heterocycles. The lowest BCUT2D eigenvalue weighted by atomic mass is 9.85. The molecule has 1 saturated carbocycles. The van der Waals surface area contributed by atoms with E-state index in [1.807, 2.05) is 0 Å². The minimum Gasteiger partial charge on any atom is -0.360 e. The van der Waals surface area contributed by atoms with Gasteiger partial charge in [0.1, 0.15) is 5.76 Å². The van der Waals surface area contributed by atoms with E-state index in [9.17, 15) is 9.59 Å². The first-order valence-corrected chi connectivity index (χ1v) is 7.19. The third kappa shape index (κ3) is 4.99. The number of anilines is 1. The van der Waals surface area contributed by atoms with E-state index in [1.54, 1.807) is 20.0 Å². The van der Waals surface area contributed by atoms with Gasteiger partial charge in [0.25, 0.3) is 0 Å². The van der Waals surface area contributed by atoms with Crippen LogP contribution in [0.15, 0.2) is 10.6 Å². The van der Waals surface area contributed by atoms with E-state index in [0.29, 0.717) is 18.0 Å². The summed E-state index contributed by atoms with van der Waals surface area (Å²) in [6, 6.07) is 1.72. The van der Waals surface area contributed by atoms with Crippen LogP contribution in [0.1, 0.15) is 31.4 Å². The summed E-state index contributed by atoms with van der Waals surface area (Å²) in [4.78, 5) is 25.6. The molecule has 3 N–H and O–H groups in total. The van der Waals surface area contributed by atoms with Crippen molar-refractivity contribution in [3.8, 4) is 0 Å². The molecule has 22 heavy (non-hydrogen) atoms. The molecule has 0 radical (unpaired) electrons. The zero-order valence-electron chi connectivity index (χ0n) is 12.9. The summed E-state index contributed by atoms with van der Waals surface area (Å²) in [6.45, 7) is 1.74. The average Bonchev–Trinajstić information content (AvgIpc) is 2.82. The molecule has 2 atom stereocenters. The summed E-state index contributed by atoms with van der Waals surface area (Å²) in [6.07, 6.45) is 3.49. The Morgan fingerprint density at radius 2 is 2.23 bits per heavy atom. The lowest BCUT2D eigenvalue weighted by Crippen LogP contribution is -2.41. The van der Waals surface area contributed by atoms with Crippen LogP contribution in [-0.2, 0) is 9.59 Å². The Balaban J connectivity index is 0.00000242. The lowest BCUT2D eigenvalue weighted by Gasteiger charge is -2.29. The maximum atomic E-state index is 12.3. The highest BCUT2D eigenvalue weighted by atomic mass is 35.5. The number of rotatable bonds is 4. The van der Waals surface area contributed by atoms with E-state index in [-0.39, 0.29) is 42.7 Å². The first-order chi connectivity index (χ1) is 9.95. The SMILES string of the molecule is Cc1cc(NC(=O)CN(C)C(=O)C2CCCC(N)C2)no1.Cl. The molecule has 124 valence electrons. The molecule has 1 aromatic rings. The molecule has 1 aliphatic carbocycles. The molecule has 0 spiro atoms. The van der Waals surface area contributed by atoms with Gasteiger partial charge in [0.05, 0.1) is 6.54 Å². The van der Waals surface area contributed by atoms with Gasteiger partial charge in [0.15, 0.2) is 5.82 Å². The zero-order chi connectivity index (χ0) is 15.4. The van der Waals surface area contributed by atoms with E-state index in [1.165, 1.54) is 4.90 Å². The van der Waals surface area contributed by atoms with Gasteiger partial charge >= 0.3 is 0 Å². The fraction of sp³-hybridized carbons (Fsp3) is 0.643. The lowest BCUT2D eigenvalue weighted by molar-refractivity contribution is -0.138. The fourth-order valence-electron chi connectivity index (χ4n) is 2.66. The van der Waals surface area contributed by atoms with Gasteiger partial charge in [-0.25, -0.2) is 0 Å². The van der Waals surface area contributed by atoms with Gasteiger partial charge in [-0.05, 0) is 26.2 Å². The van der Waals surface area contributed by atoms with Crippen molar-refractivity contribution in [3.63, 3.8) is 0 Å². The van der Waals surface area contributed by atoms with Gasteiger partial charge in [0, 0.05) is 25.1 Å². The molecule has 0 aliphatic heterocycles. The molecule has 2 amide bonds. The number of carbonyl (C=O) groups excluding carboxylic acids is 2. The molecule has 8 heteroatoms. The molecule has 1 fully saturated rings. The van der Waals surface area contributed by atoms with Gasteiger partial charge in [0.2, 0.25) is 11.8 Å². The fourth-order valence-corrected chi connectivity index (χ4v) is 2.66. The van der Waals surface area contributed by atoms with Crippen molar-refractivity contribution < 1.29 is 14.1 Å². The van der Waals surface area contributed by atoms with Crippen LogP contribution in [0.25, 0.3) is 0 Å². The van der Waals surface area contributed by atoms with Gasteiger partial charge in [-0.1, -0.05) is 11.6 Å². The number of nitrogens with two attached hydrogens (primary N) is 1. The second kappa shape index (κ2) is 8.14. The summed E-state index contributed by atoms with van der Waals surface area (Å²) < 4.78 is 4.87. The number of amides is 2. The summed E-state index contributed by atoms with van der Waals surface area (Å²) in [5.74, 6) is 0.598. The van der Waals surface area contributed by atoms with Crippen LogP contribution in [0, 0.1) is 12.8 Å². The molecule has 2 unspecified atom stereocenters. The monoisotopic (exact) mass is 330 g/mol. The predicted molar refractivity (Wildman–Crippen MR) is 84.7 cm³/mol. The summed E-state index contributed by atoms with van der Waals surface area (Å²) in [5, 5.41) is 6.28. The number of nitrogens with zero attached hydrogens (tertiary/aromatic N) is 2. The molecular formula is C14H23ClN4O3. The van der Waals surface area contributed by atoms with Crippen molar-refractivity contribution in [2.24, 2.45) is 11.7 Å². The molecule has 1 heterocycles. The smallest absolute Gasteiger partial charge is 0.245 e. The Morgan fingerprint density at radius 1 is 1.50 bits per heavy atom. The minimum absolute atomic E-state index is 0. The van der Waals surface area contributed by atoms with E-state index >= 15 is 0 Å². The standard InChI is InChI=1S/C14H22N4O3.ClH/c1-9-6-12(17-21-9)16-13(19)8-18(2)14(20)10-4-3-5-11(15)7-10;/h6,10-11H,3-5,7-8,15H2,1-2H3,(H,16,17,19);1H. The summed E-state index contributed by atoms with van der Waals surface area (Å²) >= 11 is 0. The van der Waals surface area contributed by atoms with Crippen LogP contribution >= 0.6 is 12.4 Å². The third-order valence-corrected chi connectivity index (χ3v) is 3.72. The Bertz CT molecular complexity index is 520. The Morgan fingerprint density at radius 3 is 2.82 bits per heavy atom. The van der Waals surface area contributed by atoms with Crippen LogP contribution in [-0.4, -0.2) is 41.5 Å². The van der Waals surface area contributed by atoms with E-state index in [0.717, 1.165) is 19.3 Å².